The normalized spacial score (nSPS) is 14.2. The minimum absolute atomic E-state index is 0.135. The number of imidazole rings is 1. The first-order chi connectivity index (χ1) is 24.3. The Hall–Kier alpha value is -4.21. The molecule has 3 aromatic carbocycles. The maximum atomic E-state index is 13.1. The number of aromatic nitrogens is 2. The van der Waals surface area contributed by atoms with Gasteiger partial charge < -0.3 is 24.0 Å². The van der Waals surface area contributed by atoms with Crippen LogP contribution in [0.2, 0.25) is 0 Å². The zero-order chi connectivity index (χ0) is 35.3. The Kier molecular flexibility index (Phi) is 13.9. The zero-order valence-electron chi connectivity index (χ0n) is 30.1. The summed E-state index contributed by atoms with van der Waals surface area (Å²) in [7, 11) is -1.20. The van der Waals surface area contributed by atoms with E-state index in [1.54, 1.807) is 12.5 Å². The third-order valence-corrected chi connectivity index (χ3v) is 10.1. The van der Waals surface area contributed by atoms with E-state index in [0.717, 1.165) is 103 Å². The van der Waals surface area contributed by atoms with E-state index in [9.17, 15) is 9.32 Å². The van der Waals surface area contributed by atoms with E-state index < -0.39 is 10.8 Å². The van der Waals surface area contributed by atoms with Gasteiger partial charge in [0.2, 0.25) is 5.69 Å². The van der Waals surface area contributed by atoms with Crippen LogP contribution in [-0.2, 0) is 27.8 Å². The van der Waals surface area contributed by atoms with Crippen molar-refractivity contribution < 1.29 is 23.8 Å². The first-order valence-corrected chi connectivity index (χ1v) is 19.4. The molecule has 50 heavy (non-hydrogen) atoms. The molecule has 0 saturated carbocycles. The summed E-state index contributed by atoms with van der Waals surface area (Å²) in [6.07, 6.45) is 10.6. The Morgan fingerprint density at radius 2 is 1.76 bits per heavy atom. The number of aliphatic hydroxyl groups is 1. The lowest BCUT2D eigenvalue weighted by molar-refractivity contribution is -0.364. The van der Waals surface area contributed by atoms with Gasteiger partial charge in [0, 0.05) is 55.2 Å². The highest BCUT2D eigenvalue weighted by Crippen LogP contribution is 2.33. The maximum absolute atomic E-state index is 13.1. The number of rotatable bonds is 17. The molecule has 0 unspecified atom stereocenters. The molecule has 5 rings (SSSR count). The van der Waals surface area contributed by atoms with Gasteiger partial charge in [0.25, 0.3) is 0 Å². The highest BCUT2D eigenvalue weighted by Gasteiger charge is 2.21. The van der Waals surface area contributed by atoms with E-state index in [4.69, 9.17) is 9.47 Å². The van der Waals surface area contributed by atoms with Gasteiger partial charge in [-0.25, -0.2) is 4.98 Å². The summed E-state index contributed by atoms with van der Waals surface area (Å²) in [5.41, 5.74) is 7.02. The van der Waals surface area contributed by atoms with Crippen molar-refractivity contribution in [3.05, 3.63) is 96.1 Å². The summed E-state index contributed by atoms with van der Waals surface area (Å²) in [5.74, 6) is 1.90. The van der Waals surface area contributed by atoms with Crippen molar-refractivity contribution >= 4 is 34.1 Å². The molecular formula is C41H53N4O4S+. The van der Waals surface area contributed by atoms with Gasteiger partial charge in [-0.15, -0.1) is 0 Å². The Bertz CT molecular complexity index is 1750. The number of nitrogens with one attached hydrogen (secondary N) is 1. The Morgan fingerprint density at radius 1 is 0.980 bits per heavy atom. The molecule has 9 heteroatoms. The first kappa shape index (κ1) is 37.1. The van der Waals surface area contributed by atoms with Crippen LogP contribution in [0.3, 0.4) is 0 Å². The Balaban J connectivity index is 1.34. The third-order valence-electron chi connectivity index (χ3n) is 8.71. The number of hydrogen-bond acceptors (Lipinski definition) is 5. The number of aryl methyl sites for hydroxylation is 1. The van der Waals surface area contributed by atoms with Gasteiger partial charge in [-0.1, -0.05) is 52.3 Å². The average molecular weight is 698 g/mol. The second kappa shape index (κ2) is 18.7. The lowest BCUT2D eigenvalue weighted by atomic mass is 9.96. The van der Waals surface area contributed by atoms with Crippen LogP contribution in [0.1, 0.15) is 71.1 Å². The molecule has 0 fully saturated rings. The summed E-state index contributed by atoms with van der Waals surface area (Å²) in [6, 6.07) is 22.3. The summed E-state index contributed by atoms with van der Waals surface area (Å²) in [6.45, 7) is 13.4. The van der Waals surface area contributed by atoms with Crippen molar-refractivity contribution in [3.63, 3.8) is 0 Å². The molecule has 2 N–H and O–H groups in total. The number of ether oxygens (including phenoxy) is 2. The number of benzene rings is 3. The van der Waals surface area contributed by atoms with E-state index in [2.05, 4.69) is 83.5 Å². The van der Waals surface area contributed by atoms with Crippen LogP contribution >= 0.6 is 0 Å². The molecule has 8 nitrogen and oxygen atoms in total. The fourth-order valence-electron chi connectivity index (χ4n) is 6.14. The molecule has 1 aliphatic rings. The smallest absolute Gasteiger partial charge is 0.367 e. The van der Waals surface area contributed by atoms with Crippen LogP contribution in [-0.4, -0.2) is 57.7 Å². The lowest BCUT2D eigenvalue weighted by Gasteiger charge is -2.30. The van der Waals surface area contributed by atoms with Crippen molar-refractivity contribution in [2.45, 2.75) is 77.0 Å². The van der Waals surface area contributed by atoms with Gasteiger partial charge in [0.15, 0.2) is 0 Å². The van der Waals surface area contributed by atoms with Gasteiger partial charge in [-0.2, -0.15) is 4.99 Å². The molecule has 0 radical (unpaired) electrons. The number of nitrogens with zero attached hydrogens (tertiary/aromatic N) is 3. The predicted octanol–water partition coefficient (Wildman–Crippen LogP) is 7.47. The van der Waals surface area contributed by atoms with Gasteiger partial charge >= 0.3 is 5.90 Å². The van der Waals surface area contributed by atoms with Gasteiger partial charge in [-0.3, -0.25) is 4.21 Å². The van der Waals surface area contributed by atoms with Crippen molar-refractivity contribution in [1.29, 1.82) is 0 Å². The van der Waals surface area contributed by atoms with Crippen LogP contribution in [0.5, 0.6) is 5.75 Å². The Labute approximate surface area is 300 Å². The topological polar surface area (TPSA) is 90.8 Å². The fraction of sp³-hybridized carbons (Fsp3) is 0.415. The van der Waals surface area contributed by atoms with E-state index in [1.807, 2.05) is 36.4 Å². The standard InChI is InChI=1S/C41H52N4O4S/c1-5-7-22-48-23-24-49-38-15-10-32(11-16-38)33-12-19-40-35(25-33)26-34(9-8-21-44(40)28-31(3)4)41(46)43-36-13-17-39(18-14-36)50(47)29-37-27-42-30-45(37)20-6-2/h10-19,25-27,30-31H,5-9,20-24,28-29H2,1-4H3,(H,43,46)/p+1/t50-/m1/s1. The number of hydrogen-bond donors (Lipinski definition) is 2. The van der Waals surface area contributed by atoms with Crippen molar-refractivity contribution in [2.24, 2.45) is 5.92 Å². The Morgan fingerprint density at radius 3 is 2.50 bits per heavy atom. The van der Waals surface area contributed by atoms with Crippen LogP contribution in [0.15, 0.2) is 89.7 Å². The molecule has 2 heterocycles. The molecule has 0 saturated heterocycles. The molecule has 0 amide bonds. The molecule has 1 aliphatic heterocycles. The van der Waals surface area contributed by atoms with Crippen LogP contribution in [0.25, 0.3) is 17.2 Å². The van der Waals surface area contributed by atoms with E-state index in [-0.39, 0.29) is 5.90 Å². The molecular weight excluding hydrogens is 645 g/mol. The quantitative estimate of drug-likeness (QED) is 0.0676. The predicted molar refractivity (Wildman–Crippen MR) is 205 cm³/mol. The van der Waals surface area contributed by atoms with Crippen LogP contribution < -0.4 is 14.6 Å². The summed E-state index contributed by atoms with van der Waals surface area (Å²) in [5, 5.41) is 11.4. The summed E-state index contributed by atoms with van der Waals surface area (Å²) < 4.78 is 26.7. The molecule has 0 spiro atoms. The maximum Gasteiger partial charge on any atom is 0.367 e. The minimum Gasteiger partial charge on any atom is -0.491 e. The monoisotopic (exact) mass is 697 g/mol. The molecule has 266 valence electrons. The highest BCUT2D eigenvalue weighted by molar-refractivity contribution is 7.84. The highest BCUT2D eigenvalue weighted by atomic mass is 32.2. The lowest BCUT2D eigenvalue weighted by Crippen LogP contribution is -2.66. The number of fused-ring (bicyclic) bond motifs is 1. The van der Waals surface area contributed by atoms with Gasteiger partial charge in [0.05, 0.1) is 40.8 Å². The SMILES string of the molecule is CCCCOCCOc1ccc(-c2ccc3c(c2)C=C(C(O)=[NH+]c2ccc([S@](=O)Cc4cncn4CCC)cc2)CCCN3CC(C)C)cc1. The molecule has 1 atom stereocenters. The summed E-state index contributed by atoms with van der Waals surface area (Å²) >= 11 is 0. The van der Waals surface area contributed by atoms with Crippen molar-refractivity contribution in [1.82, 2.24) is 9.55 Å². The summed E-state index contributed by atoms with van der Waals surface area (Å²) in [4.78, 5) is 10.7. The number of anilines is 1. The van der Waals surface area contributed by atoms with E-state index >= 15 is 0 Å². The van der Waals surface area contributed by atoms with Crippen LogP contribution in [0, 0.1) is 5.92 Å². The minimum atomic E-state index is -1.20. The molecule has 4 aromatic rings. The number of aliphatic hydroxyl groups excluding tert-OH is 1. The second-order valence-electron chi connectivity index (χ2n) is 13.3. The number of unbranched alkanes of at least 4 members (excludes halogenated alkanes) is 1. The fourth-order valence-corrected chi connectivity index (χ4v) is 7.26. The van der Waals surface area contributed by atoms with Crippen molar-refractivity contribution in [3.8, 4) is 16.9 Å². The average Bonchev–Trinajstić information content (AvgIpc) is 3.54. The molecule has 0 aliphatic carbocycles. The molecule has 1 aromatic heterocycles. The van der Waals surface area contributed by atoms with Gasteiger partial charge in [-0.05, 0) is 90.8 Å². The second-order valence-corrected chi connectivity index (χ2v) is 14.7. The van der Waals surface area contributed by atoms with Crippen LogP contribution in [0.4, 0.5) is 11.4 Å². The zero-order valence-corrected chi connectivity index (χ0v) is 30.9. The largest absolute Gasteiger partial charge is 0.491 e. The van der Waals surface area contributed by atoms with E-state index in [0.29, 0.717) is 24.9 Å². The van der Waals surface area contributed by atoms with Crippen molar-refractivity contribution in [2.75, 3.05) is 37.8 Å². The third kappa shape index (κ3) is 10.4. The van der Waals surface area contributed by atoms with Gasteiger partial charge in [0.1, 0.15) is 12.4 Å². The first-order valence-electron chi connectivity index (χ1n) is 18.1. The molecule has 0 bridgehead atoms. The van der Waals surface area contributed by atoms with E-state index in [1.165, 1.54) is 5.69 Å².